The highest BCUT2D eigenvalue weighted by atomic mass is 16.5. The van der Waals surface area contributed by atoms with Gasteiger partial charge in [-0.05, 0) is 80.1 Å². The van der Waals surface area contributed by atoms with Crippen molar-refractivity contribution in [3.05, 3.63) is 98.5 Å². The summed E-state index contributed by atoms with van der Waals surface area (Å²) in [5.74, 6) is 0.680. The molecule has 5 nitrogen and oxygen atoms in total. The maximum atomic E-state index is 12.7. The number of pyridine rings is 1. The van der Waals surface area contributed by atoms with Gasteiger partial charge in [0.15, 0.2) is 0 Å². The molecular weight excluding hydrogens is 376 g/mol. The Morgan fingerprint density at radius 1 is 1.13 bits per heavy atom. The maximum Gasteiger partial charge on any atom is 0.253 e. The van der Waals surface area contributed by atoms with E-state index in [0.29, 0.717) is 11.1 Å². The predicted molar refractivity (Wildman–Crippen MR) is 117 cm³/mol. The van der Waals surface area contributed by atoms with E-state index < -0.39 is 0 Å². The molecule has 154 valence electrons. The number of carbonyl (C=O) groups excluding carboxylic acids is 1. The highest BCUT2D eigenvalue weighted by Gasteiger charge is 2.23. The van der Waals surface area contributed by atoms with Gasteiger partial charge in [0.05, 0.1) is 0 Å². The van der Waals surface area contributed by atoms with Crippen LogP contribution in [0.5, 0.6) is 5.75 Å². The molecule has 5 heteroatoms. The smallest absolute Gasteiger partial charge is 0.253 e. The normalized spacial score (nSPS) is 15.3. The molecule has 1 aliphatic carbocycles. The van der Waals surface area contributed by atoms with Crippen LogP contribution >= 0.6 is 0 Å². The first-order chi connectivity index (χ1) is 14.5. The lowest BCUT2D eigenvalue weighted by Crippen LogP contribution is -2.28. The number of rotatable bonds is 5. The van der Waals surface area contributed by atoms with Gasteiger partial charge in [-0.1, -0.05) is 24.3 Å². The van der Waals surface area contributed by atoms with Crippen LogP contribution in [0.15, 0.2) is 59.4 Å². The number of benzene rings is 2. The van der Waals surface area contributed by atoms with E-state index in [1.807, 2.05) is 68.4 Å². The number of H-pyrrole nitrogens is 1. The van der Waals surface area contributed by atoms with E-state index in [1.54, 1.807) is 0 Å². The molecule has 0 bridgehead atoms. The number of amides is 1. The Kier molecular flexibility index (Phi) is 5.70. The SMILES string of the molecule is Cc1cc(C)c(CNC(=O)c2ccc3c(c2)CCCC3Oc2ccccc2)c(=O)[nH]1. The van der Waals surface area contributed by atoms with E-state index in [9.17, 15) is 9.59 Å². The zero-order valence-electron chi connectivity index (χ0n) is 17.3. The van der Waals surface area contributed by atoms with Crippen LogP contribution in [0.25, 0.3) is 0 Å². The van der Waals surface area contributed by atoms with Crippen LogP contribution in [-0.2, 0) is 13.0 Å². The minimum Gasteiger partial charge on any atom is -0.486 e. The molecular formula is C25H26N2O3. The molecule has 0 radical (unpaired) electrons. The molecule has 0 aliphatic heterocycles. The molecule has 1 heterocycles. The van der Waals surface area contributed by atoms with Crippen LogP contribution in [0.3, 0.4) is 0 Å². The van der Waals surface area contributed by atoms with Gasteiger partial charge < -0.3 is 15.0 Å². The van der Waals surface area contributed by atoms with Crippen molar-refractivity contribution in [2.75, 3.05) is 0 Å². The number of para-hydroxylation sites is 1. The summed E-state index contributed by atoms with van der Waals surface area (Å²) in [5.41, 5.74) is 5.03. The summed E-state index contributed by atoms with van der Waals surface area (Å²) < 4.78 is 6.18. The molecule has 1 aliphatic rings. The Morgan fingerprint density at radius 2 is 1.93 bits per heavy atom. The molecule has 0 saturated heterocycles. The Hall–Kier alpha value is -3.34. The van der Waals surface area contributed by atoms with Gasteiger partial charge in [-0.2, -0.15) is 0 Å². The molecule has 1 atom stereocenters. The first kappa shape index (κ1) is 20.0. The van der Waals surface area contributed by atoms with Gasteiger partial charge in [0.2, 0.25) is 0 Å². The van der Waals surface area contributed by atoms with E-state index >= 15 is 0 Å². The van der Waals surface area contributed by atoms with Crippen molar-refractivity contribution >= 4 is 5.91 Å². The van der Waals surface area contributed by atoms with Crippen molar-refractivity contribution in [2.45, 2.75) is 45.8 Å². The molecule has 0 spiro atoms. The Morgan fingerprint density at radius 3 is 2.70 bits per heavy atom. The summed E-state index contributed by atoms with van der Waals surface area (Å²) in [7, 11) is 0. The number of ether oxygens (including phenoxy) is 1. The van der Waals surface area contributed by atoms with Crippen molar-refractivity contribution in [3.8, 4) is 5.75 Å². The van der Waals surface area contributed by atoms with Crippen LogP contribution in [0.2, 0.25) is 0 Å². The molecule has 2 N–H and O–H groups in total. The van der Waals surface area contributed by atoms with Gasteiger partial charge in [-0.3, -0.25) is 9.59 Å². The second-order valence-corrected chi connectivity index (χ2v) is 7.85. The van der Waals surface area contributed by atoms with Crippen LogP contribution in [0.4, 0.5) is 0 Å². The average Bonchev–Trinajstić information content (AvgIpc) is 2.73. The van der Waals surface area contributed by atoms with Crippen LogP contribution < -0.4 is 15.6 Å². The minimum absolute atomic E-state index is 0.00188. The average molecular weight is 402 g/mol. The number of aryl methyl sites for hydroxylation is 3. The van der Waals surface area contributed by atoms with Crippen LogP contribution in [0, 0.1) is 13.8 Å². The van der Waals surface area contributed by atoms with E-state index in [2.05, 4.69) is 10.3 Å². The van der Waals surface area contributed by atoms with E-state index in [-0.39, 0.29) is 24.1 Å². The Labute approximate surface area is 176 Å². The topological polar surface area (TPSA) is 71.2 Å². The lowest BCUT2D eigenvalue weighted by atomic mass is 9.88. The van der Waals surface area contributed by atoms with Gasteiger partial charge in [0.1, 0.15) is 11.9 Å². The summed E-state index contributed by atoms with van der Waals surface area (Å²) in [6.07, 6.45) is 2.92. The van der Waals surface area contributed by atoms with Crippen LogP contribution in [-0.4, -0.2) is 10.9 Å². The number of aromatic amines is 1. The number of nitrogens with one attached hydrogen (secondary N) is 2. The van der Waals surface area contributed by atoms with Gasteiger partial charge in [-0.15, -0.1) is 0 Å². The van der Waals surface area contributed by atoms with Gasteiger partial charge in [0.25, 0.3) is 11.5 Å². The number of hydrogen-bond donors (Lipinski definition) is 2. The summed E-state index contributed by atoms with van der Waals surface area (Å²) in [6.45, 7) is 3.94. The lowest BCUT2D eigenvalue weighted by Gasteiger charge is -2.26. The summed E-state index contributed by atoms with van der Waals surface area (Å²) >= 11 is 0. The van der Waals surface area contributed by atoms with E-state index in [4.69, 9.17) is 4.74 Å². The molecule has 1 aromatic heterocycles. The van der Waals surface area contributed by atoms with E-state index in [0.717, 1.165) is 47.4 Å². The number of fused-ring (bicyclic) bond motifs is 1. The first-order valence-corrected chi connectivity index (χ1v) is 10.3. The van der Waals surface area contributed by atoms with E-state index in [1.165, 1.54) is 0 Å². The minimum atomic E-state index is -0.178. The van der Waals surface area contributed by atoms with Crippen LogP contribution in [0.1, 0.15) is 57.3 Å². The second-order valence-electron chi connectivity index (χ2n) is 7.85. The molecule has 30 heavy (non-hydrogen) atoms. The fourth-order valence-corrected chi connectivity index (χ4v) is 4.07. The van der Waals surface area contributed by atoms with Gasteiger partial charge in [0, 0.05) is 23.4 Å². The lowest BCUT2D eigenvalue weighted by molar-refractivity contribution is 0.0950. The quantitative estimate of drug-likeness (QED) is 0.665. The standard InChI is InChI=1S/C25H26N2O3/c1-16-13-17(2)27-25(29)22(16)15-26-24(28)19-11-12-21-18(14-19)7-6-10-23(21)30-20-8-4-3-5-9-20/h3-5,8-9,11-14,23H,6-7,10,15H2,1-2H3,(H,26,28)(H,27,29). The first-order valence-electron chi connectivity index (χ1n) is 10.3. The zero-order valence-corrected chi connectivity index (χ0v) is 17.3. The third kappa shape index (κ3) is 4.30. The highest BCUT2D eigenvalue weighted by molar-refractivity contribution is 5.94. The number of carbonyl (C=O) groups is 1. The summed E-state index contributed by atoms with van der Waals surface area (Å²) in [6, 6.07) is 17.5. The second kappa shape index (κ2) is 8.57. The number of hydrogen-bond acceptors (Lipinski definition) is 3. The summed E-state index contributed by atoms with van der Waals surface area (Å²) in [4.78, 5) is 27.7. The van der Waals surface area contributed by atoms with Gasteiger partial charge >= 0.3 is 0 Å². The molecule has 3 aromatic rings. The summed E-state index contributed by atoms with van der Waals surface area (Å²) in [5, 5.41) is 2.88. The molecule has 4 rings (SSSR count). The largest absolute Gasteiger partial charge is 0.486 e. The van der Waals surface area contributed by atoms with Crippen molar-refractivity contribution in [1.82, 2.24) is 10.3 Å². The fraction of sp³-hybridized carbons (Fsp3) is 0.280. The predicted octanol–water partition coefficient (Wildman–Crippen LogP) is 4.38. The maximum absolute atomic E-state index is 12.7. The molecule has 1 unspecified atom stereocenters. The molecule has 0 saturated carbocycles. The Bertz CT molecular complexity index is 1120. The third-order valence-corrected chi connectivity index (χ3v) is 5.61. The fourth-order valence-electron chi connectivity index (χ4n) is 4.07. The monoisotopic (exact) mass is 402 g/mol. The number of aromatic nitrogens is 1. The van der Waals surface area contributed by atoms with Crippen molar-refractivity contribution in [3.63, 3.8) is 0 Å². The molecule has 0 fully saturated rings. The van der Waals surface area contributed by atoms with Crippen molar-refractivity contribution in [1.29, 1.82) is 0 Å². The van der Waals surface area contributed by atoms with Crippen molar-refractivity contribution in [2.24, 2.45) is 0 Å². The van der Waals surface area contributed by atoms with Gasteiger partial charge in [-0.25, -0.2) is 0 Å². The zero-order chi connectivity index (χ0) is 21.1. The Balaban J connectivity index is 1.48. The molecule has 2 aromatic carbocycles. The third-order valence-electron chi connectivity index (χ3n) is 5.61. The highest BCUT2D eigenvalue weighted by Crippen LogP contribution is 2.34. The molecule has 1 amide bonds. The van der Waals surface area contributed by atoms with Crippen molar-refractivity contribution < 1.29 is 9.53 Å².